The van der Waals surface area contributed by atoms with Crippen molar-refractivity contribution in [2.45, 2.75) is 32.2 Å². The maximum atomic E-state index is 12.2. The van der Waals surface area contributed by atoms with Gasteiger partial charge in [-0.15, -0.1) is 0 Å². The first kappa shape index (κ1) is 24.0. The molecule has 33 heavy (non-hydrogen) atoms. The maximum absolute atomic E-state index is 12.2. The SMILES string of the molecule is O=C(NCc1ccc(/C=N/NC(=O)C(=O)N2CCCCCC2)o1)C(=O)Nc1cccc(Cl)c1. The van der Waals surface area contributed by atoms with Gasteiger partial charge in [-0.25, -0.2) is 5.43 Å². The van der Waals surface area contributed by atoms with Crippen LogP contribution in [0.5, 0.6) is 0 Å². The Kier molecular flexibility index (Phi) is 8.59. The number of nitrogens with one attached hydrogen (secondary N) is 3. The number of rotatable bonds is 5. The van der Waals surface area contributed by atoms with Crippen LogP contribution in [-0.2, 0) is 25.7 Å². The Labute approximate surface area is 195 Å². The van der Waals surface area contributed by atoms with E-state index in [1.165, 1.54) is 17.2 Å². The fraction of sp³-hybridized carbons (Fsp3) is 0.318. The summed E-state index contributed by atoms with van der Waals surface area (Å²) in [4.78, 5) is 49.6. The molecule has 11 heteroatoms. The molecule has 1 aromatic heterocycles. The minimum Gasteiger partial charge on any atom is -0.458 e. The average Bonchev–Trinajstić information content (AvgIpc) is 3.07. The minimum atomic E-state index is -0.846. The third kappa shape index (κ3) is 7.46. The molecule has 1 aliphatic heterocycles. The quantitative estimate of drug-likeness (QED) is 0.347. The number of furan rings is 1. The largest absolute Gasteiger partial charge is 0.458 e. The van der Waals surface area contributed by atoms with Crippen molar-refractivity contribution in [3.8, 4) is 0 Å². The Balaban J connectivity index is 1.43. The van der Waals surface area contributed by atoms with E-state index >= 15 is 0 Å². The highest BCUT2D eigenvalue weighted by Gasteiger charge is 2.22. The molecule has 0 spiro atoms. The second kappa shape index (κ2) is 11.8. The first-order chi connectivity index (χ1) is 15.9. The van der Waals surface area contributed by atoms with Gasteiger partial charge in [-0.05, 0) is 43.2 Å². The van der Waals surface area contributed by atoms with Gasteiger partial charge in [0.05, 0.1) is 12.8 Å². The van der Waals surface area contributed by atoms with E-state index in [1.807, 2.05) is 0 Å². The predicted molar refractivity (Wildman–Crippen MR) is 121 cm³/mol. The highest BCUT2D eigenvalue weighted by atomic mass is 35.5. The normalized spacial score (nSPS) is 13.9. The summed E-state index contributed by atoms with van der Waals surface area (Å²) in [5.41, 5.74) is 2.60. The van der Waals surface area contributed by atoms with E-state index in [2.05, 4.69) is 21.2 Å². The molecule has 1 fully saturated rings. The number of benzene rings is 1. The third-order valence-corrected chi connectivity index (χ3v) is 5.07. The second-order valence-electron chi connectivity index (χ2n) is 7.36. The molecule has 3 rings (SSSR count). The topological polar surface area (TPSA) is 133 Å². The van der Waals surface area contributed by atoms with Gasteiger partial charge in [0.1, 0.15) is 11.5 Å². The van der Waals surface area contributed by atoms with Gasteiger partial charge in [0, 0.05) is 23.8 Å². The van der Waals surface area contributed by atoms with E-state index in [9.17, 15) is 19.2 Å². The monoisotopic (exact) mass is 473 g/mol. The molecular weight excluding hydrogens is 450 g/mol. The molecule has 174 valence electrons. The Morgan fingerprint density at radius 2 is 1.76 bits per heavy atom. The van der Waals surface area contributed by atoms with E-state index in [0.717, 1.165) is 25.7 Å². The summed E-state index contributed by atoms with van der Waals surface area (Å²) in [6, 6.07) is 9.57. The molecule has 0 aliphatic carbocycles. The summed E-state index contributed by atoms with van der Waals surface area (Å²) in [6.07, 6.45) is 5.12. The highest BCUT2D eigenvalue weighted by molar-refractivity contribution is 6.39. The summed E-state index contributed by atoms with van der Waals surface area (Å²) in [5, 5.41) is 9.05. The zero-order valence-corrected chi connectivity index (χ0v) is 18.6. The Morgan fingerprint density at radius 3 is 2.48 bits per heavy atom. The van der Waals surface area contributed by atoms with Crippen molar-refractivity contribution < 1.29 is 23.6 Å². The predicted octanol–water partition coefficient (Wildman–Crippen LogP) is 2.04. The van der Waals surface area contributed by atoms with Gasteiger partial charge < -0.3 is 20.0 Å². The van der Waals surface area contributed by atoms with Crippen molar-refractivity contribution in [2.75, 3.05) is 18.4 Å². The first-order valence-electron chi connectivity index (χ1n) is 10.5. The van der Waals surface area contributed by atoms with Gasteiger partial charge in [-0.2, -0.15) is 5.10 Å². The van der Waals surface area contributed by atoms with Crippen LogP contribution in [0.1, 0.15) is 37.2 Å². The lowest BCUT2D eigenvalue weighted by atomic mass is 10.2. The average molecular weight is 474 g/mol. The van der Waals surface area contributed by atoms with Gasteiger partial charge in [0.25, 0.3) is 0 Å². The van der Waals surface area contributed by atoms with E-state index in [1.54, 1.807) is 30.3 Å². The standard InChI is InChI=1S/C22H24ClN5O5/c23-15-6-5-7-16(12-15)26-20(30)19(29)24-13-17-8-9-18(33-17)14-25-27-21(31)22(32)28-10-3-1-2-4-11-28/h5-9,12,14H,1-4,10-11,13H2,(H,24,29)(H,26,30)(H,27,31)/b25-14+. The van der Waals surface area contributed by atoms with Crippen LogP contribution in [-0.4, -0.2) is 47.8 Å². The fourth-order valence-corrected chi connectivity index (χ4v) is 3.37. The summed E-state index contributed by atoms with van der Waals surface area (Å²) < 4.78 is 5.46. The molecule has 1 aromatic carbocycles. The van der Waals surface area contributed by atoms with E-state index in [-0.39, 0.29) is 6.54 Å². The maximum Gasteiger partial charge on any atom is 0.329 e. The van der Waals surface area contributed by atoms with E-state index < -0.39 is 23.6 Å². The molecule has 2 heterocycles. The molecule has 0 unspecified atom stereocenters. The van der Waals surface area contributed by atoms with Crippen molar-refractivity contribution in [1.29, 1.82) is 0 Å². The van der Waals surface area contributed by atoms with Crippen molar-refractivity contribution in [2.24, 2.45) is 5.10 Å². The summed E-state index contributed by atoms with van der Waals surface area (Å²) in [5.74, 6) is -2.44. The first-order valence-corrected chi connectivity index (χ1v) is 10.9. The van der Waals surface area contributed by atoms with Gasteiger partial charge in [-0.1, -0.05) is 30.5 Å². The van der Waals surface area contributed by atoms with Crippen LogP contribution in [0.3, 0.4) is 0 Å². The highest BCUT2D eigenvalue weighted by Crippen LogP contribution is 2.14. The number of hydrogen-bond donors (Lipinski definition) is 3. The number of carbonyl (C=O) groups excluding carboxylic acids is 4. The van der Waals surface area contributed by atoms with Crippen molar-refractivity contribution >= 4 is 47.1 Å². The van der Waals surface area contributed by atoms with Gasteiger partial charge >= 0.3 is 23.6 Å². The number of carbonyl (C=O) groups is 4. The van der Waals surface area contributed by atoms with Crippen LogP contribution >= 0.6 is 11.6 Å². The molecule has 0 bridgehead atoms. The zero-order valence-electron chi connectivity index (χ0n) is 17.8. The lowest BCUT2D eigenvalue weighted by Crippen LogP contribution is -2.41. The van der Waals surface area contributed by atoms with Gasteiger partial charge in [0.15, 0.2) is 0 Å². The van der Waals surface area contributed by atoms with Crippen LogP contribution in [0.15, 0.2) is 45.9 Å². The number of hydrogen-bond acceptors (Lipinski definition) is 6. The summed E-state index contributed by atoms with van der Waals surface area (Å²) in [7, 11) is 0. The second-order valence-corrected chi connectivity index (χ2v) is 7.79. The Bertz CT molecular complexity index is 1040. The summed E-state index contributed by atoms with van der Waals surface area (Å²) in [6.45, 7) is 1.11. The third-order valence-electron chi connectivity index (χ3n) is 4.84. The van der Waals surface area contributed by atoms with Crippen LogP contribution in [0.4, 0.5) is 5.69 Å². The molecule has 2 aromatic rings. The number of anilines is 1. The Hall–Kier alpha value is -3.66. The molecule has 0 atom stereocenters. The minimum absolute atomic E-state index is 0.0323. The van der Waals surface area contributed by atoms with Crippen molar-refractivity contribution in [3.63, 3.8) is 0 Å². The Morgan fingerprint density at radius 1 is 1.00 bits per heavy atom. The number of amides is 4. The lowest BCUT2D eigenvalue weighted by molar-refractivity contribution is -0.145. The van der Waals surface area contributed by atoms with Gasteiger partial charge in [0.2, 0.25) is 0 Å². The molecule has 4 amide bonds. The van der Waals surface area contributed by atoms with Crippen molar-refractivity contribution in [1.82, 2.24) is 15.6 Å². The van der Waals surface area contributed by atoms with Crippen LogP contribution in [0.2, 0.25) is 5.02 Å². The molecular formula is C22H24ClN5O5. The van der Waals surface area contributed by atoms with Crippen LogP contribution in [0.25, 0.3) is 0 Å². The lowest BCUT2D eigenvalue weighted by Gasteiger charge is -2.18. The number of likely N-dealkylation sites (tertiary alicyclic amines) is 1. The van der Waals surface area contributed by atoms with Gasteiger partial charge in [-0.3, -0.25) is 19.2 Å². The number of hydrazone groups is 1. The fourth-order valence-electron chi connectivity index (χ4n) is 3.18. The number of halogens is 1. The molecule has 3 N–H and O–H groups in total. The molecule has 1 saturated heterocycles. The van der Waals surface area contributed by atoms with E-state index in [4.69, 9.17) is 16.0 Å². The molecule has 1 aliphatic rings. The van der Waals surface area contributed by atoms with Crippen LogP contribution in [0, 0.1) is 0 Å². The van der Waals surface area contributed by atoms with Crippen molar-refractivity contribution in [3.05, 3.63) is 52.9 Å². The smallest absolute Gasteiger partial charge is 0.329 e. The number of nitrogens with zero attached hydrogens (tertiary/aromatic N) is 2. The molecule has 0 saturated carbocycles. The van der Waals surface area contributed by atoms with Crippen LogP contribution < -0.4 is 16.1 Å². The van der Waals surface area contributed by atoms with E-state index in [0.29, 0.717) is 35.3 Å². The molecule has 10 nitrogen and oxygen atoms in total. The summed E-state index contributed by atoms with van der Waals surface area (Å²) >= 11 is 5.84. The zero-order chi connectivity index (χ0) is 23.6. The molecule has 0 radical (unpaired) electrons.